The fourth-order valence-electron chi connectivity index (χ4n) is 3.45. The van der Waals surface area contributed by atoms with E-state index < -0.39 is 20.2 Å². The lowest BCUT2D eigenvalue weighted by Gasteiger charge is -2.26. The first-order valence-corrected chi connectivity index (χ1v) is 10.3. The van der Waals surface area contributed by atoms with Gasteiger partial charge in [0.05, 0.1) is 19.0 Å². The fraction of sp³-hybridized carbons (Fsp3) is 0.667. The Balaban J connectivity index is 1.63. The Morgan fingerprint density at radius 2 is 2.19 bits per heavy atom. The SMILES string of the molecule is CC1(C)C[C@@H](COP(=O)(O)O)O[C@H]1n1cnc2c(NC3CC3)nc(N)nc21. The third-order valence-electron chi connectivity index (χ3n) is 4.78. The van der Waals surface area contributed by atoms with Crippen LogP contribution >= 0.6 is 7.82 Å². The number of imidazole rings is 1. The molecule has 0 aromatic carbocycles. The maximum atomic E-state index is 11.0. The number of rotatable bonds is 6. The van der Waals surface area contributed by atoms with Crippen LogP contribution in [0, 0.1) is 5.41 Å². The zero-order valence-corrected chi connectivity index (χ0v) is 16.0. The van der Waals surface area contributed by atoms with Gasteiger partial charge in [-0.15, -0.1) is 0 Å². The zero-order valence-electron chi connectivity index (χ0n) is 15.1. The van der Waals surface area contributed by atoms with E-state index in [1.165, 1.54) is 0 Å². The predicted octanol–water partition coefficient (Wildman–Crippen LogP) is 1.41. The third kappa shape index (κ3) is 3.92. The van der Waals surface area contributed by atoms with Crippen LogP contribution in [-0.2, 0) is 13.8 Å². The average Bonchev–Trinajstić information content (AvgIpc) is 3.17. The van der Waals surface area contributed by atoms with Crippen LogP contribution in [0.2, 0.25) is 0 Å². The minimum atomic E-state index is -4.54. The summed E-state index contributed by atoms with van der Waals surface area (Å²) < 4.78 is 23.4. The second-order valence-electron chi connectivity index (χ2n) is 7.76. The van der Waals surface area contributed by atoms with Crippen molar-refractivity contribution in [2.75, 3.05) is 17.7 Å². The minimum absolute atomic E-state index is 0.143. The Labute approximate surface area is 155 Å². The monoisotopic (exact) mass is 398 g/mol. The van der Waals surface area contributed by atoms with Gasteiger partial charge in [0.1, 0.15) is 6.23 Å². The summed E-state index contributed by atoms with van der Waals surface area (Å²) in [4.78, 5) is 30.9. The second kappa shape index (κ2) is 6.39. The van der Waals surface area contributed by atoms with Crippen LogP contribution in [0.4, 0.5) is 11.8 Å². The molecule has 1 aliphatic carbocycles. The lowest BCUT2D eigenvalue weighted by atomic mass is 9.87. The number of nitrogens with one attached hydrogen (secondary N) is 1. The Morgan fingerprint density at radius 1 is 1.44 bits per heavy atom. The van der Waals surface area contributed by atoms with Gasteiger partial charge in [-0.1, -0.05) is 13.8 Å². The number of fused-ring (bicyclic) bond motifs is 1. The predicted molar refractivity (Wildman–Crippen MR) is 96.7 cm³/mol. The first kappa shape index (κ1) is 18.6. The molecule has 148 valence electrons. The third-order valence-corrected chi connectivity index (χ3v) is 5.27. The van der Waals surface area contributed by atoms with E-state index in [2.05, 4.69) is 24.8 Å². The molecule has 2 atom stereocenters. The molecule has 27 heavy (non-hydrogen) atoms. The minimum Gasteiger partial charge on any atom is -0.368 e. The first-order chi connectivity index (χ1) is 12.6. The smallest absolute Gasteiger partial charge is 0.368 e. The van der Waals surface area contributed by atoms with E-state index in [0.717, 1.165) is 12.8 Å². The number of hydrogen-bond donors (Lipinski definition) is 4. The van der Waals surface area contributed by atoms with Gasteiger partial charge in [-0.2, -0.15) is 9.97 Å². The van der Waals surface area contributed by atoms with Crippen LogP contribution in [-0.4, -0.2) is 48.1 Å². The molecule has 4 rings (SSSR count). The van der Waals surface area contributed by atoms with E-state index in [4.69, 9.17) is 20.3 Å². The number of ether oxygens (including phenoxy) is 1. The van der Waals surface area contributed by atoms with Gasteiger partial charge in [0.2, 0.25) is 5.95 Å². The number of nitrogens with zero attached hydrogens (tertiary/aromatic N) is 4. The number of nitrogen functional groups attached to an aromatic ring is 1. The van der Waals surface area contributed by atoms with E-state index in [1.807, 2.05) is 13.8 Å². The van der Waals surface area contributed by atoms with Gasteiger partial charge < -0.3 is 25.6 Å². The molecule has 1 saturated carbocycles. The van der Waals surface area contributed by atoms with E-state index in [1.54, 1.807) is 10.9 Å². The van der Waals surface area contributed by atoms with Crippen LogP contribution in [0.25, 0.3) is 11.2 Å². The summed E-state index contributed by atoms with van der Waals surface area (Å²) in [6.45, 7) is 3.83. The maximum absolute atomic E-state index is 11.0. The van der Waals surface area contributed by atoms with Crippen molar-refractivity contribution in [1.82, 2.24) is 19.5 Å². The molecule has 0 unspecified atom stereocenters. The Morgan fingerprint density at radius 3 is 2.85 bits per heavy atom. The van der Waals surface area contributed by atoms with Gasteiger partial charge in [-0.25, -0.2) is 9.55 Å². The zero-order chi connectivity index (χ0) is 19.4. The molecule has 0 amide bonds. The summed E-state index contributed by atoms with van der Waals surface area (Å²) in [5.41, 5.74) is 6.73. The topological polar surface area (TPSA) is 158 Å². The Bertz CT molecular complexity index is 907. The molecule has 0 bridgehead atoms. The molecule has 2 aromatic heterocycles. The van der Waals surface area contributed by atoms with Crippen LogP contribution < -0.4 is 11.1 Å². The van der Waals surface area contributed by atoms with E-state index in [-0.39, 0.29) is 18.0 Å². The molecule has 11 nitrogen and oxygen atoms in total. The molecule has 2 aromatic rings. The van der Waals surface area contributed by atoms with Crippen LogP contribution in [0.3, 0.4) is 0 Å². The van der Waals surface area contributed by atoms with Gasteiger partial charge >= 0.3 is 7.82 Å². The van der Waals surface area contributed by atoms with Gasteiger partial charge in [0.15, 0.2) is 17.0 Å². The molecule has 3 heterocycles. The van der Waals surface area contributed by atoms with Crippen LogP contribution in [0.1, 0.15) is 39.3 Å². The summed E-state index contributed by atoms with van der Waals surface area (Å²) in [7, 11) is -4.54. The number of nitrogens with two attached hydrogens (primary N) is 1. The van der Waals surface area contributed by atoms with E-state index in [0.29, 0.717) is 29.4 Å². The van der Waals surface area contributed by atoms with Crippen molar-refractivity contribution in [3.05, 3.63) is 6.33 Å². The van der Waals surface area contributed by atoms with Gasteiger partial charge in [0, 0.05) is 11.5 Å². The van der Waals surface area contributed by atoms with E-state index in [9.17, 15) is 4.57 Å². The van der Waals surface area contributed by atoms with Crippen molar-refractivity contribution in [3.63, 3.8) is 0 Å². The molecule has 2 aliphatic rings. The molecule has 5 N–H and O–H groups in total. The molecule has 1 saturated heterocycles. The van der Waals surface area contributed by atoms with Crippen LogP contribution in [0.15, 0.2) is 6.33 Å². The highest BCUT2D eigenvalue weighted by atomic mass is 31.2. The molecule has 0 spiro atoms. The van der Waals surface area contributed by atoms with Gasteiger partial charge in [0.25, 0.3) is 0 Å². The molecular formula is C15H23N6O5P. The number of phosphoric acid groups is 1. The number of phosphoric ester groups is 1. The lowest BCUT2D eigenvalue weighted by molar-refractivity contribution is -0.0442. The van der Waals surface area contributed by atoms with Crippen molar-refractivity contribution in [3.8, 4) is 0 Å². The van der Waals surface area contributed by atoms with Crippen molar-refractivity contribution in [1.29, 1.82) is 0 Å². The molecule has 12 heteroatoms. The number of aromatic nitrogens is 4. The Kier molecular flexibility index (Phi) is 4.39. The summed E-state index contributed by atoms with van der Waals surface area (Å²) >= 11 is 0. The summed E-state index contributed by atoms with van der Waals surface area (Å²) in [5.74, 6) is 0.750. The number of anilines is 2. The molecule has 2 fully saturated rings. The van der Waals surface area contributed by atoms with Crippen molar-refractivity contribution < 1.29 is 23.6 Å². The Hall–Kier alpha value is -1.78. The van der Waals surface area contributed by atoms with Gasteiger partial charge in [-0.3, -0.25) is 9.09 Å². The summed E-state index contributed by atoms with van der Waals surface area (Å²) in [6, 6.07) is 0.390. The summed E-state index contributed by atoms with van der Waals surface area (Å²) in [5, 5.41) is 3.32. The highest BCUT2D eigenvalue weighted by molar-refractivity contribution is 7.46. The quantitative estimate of drug-likeness (QED) is 0.524. The van der Waals surface area contributed by atoms with E-state index >= 15 is 0 Å². The second-order valence-corrected chi connectivity index (χ2v) is 9.00. The molecular weight excluding hydrogens is 375 g/mol. The van der Waals surface area contributed by atoms with Crippen LogP contribution in [0.5, 0.6) is 0 Å². The largest absolute Gasteiger partial charge is 0.469 e. The standard InChI is InChI=1S/C15H23N6O5P/c1-15(2)5-9(6-25-27(22,23)24)26-13(15)21-7-17-10-11(18-8-3-4-8)19-14(16)20-12(10)21/h7-9,13H,3-6H2,1-2H3,(H2,22,23,24)(H3,16,18,19,20)/t9-,13+/m0/s1. The van der Waals surface area contributed by atoms with Crippen molar-refractivity contribution >= 4 is 30.8 Å². The van der Waals surface area contributed by atoms with Gasteiger partial charge in [-0.05, 0) is 19.3 Å². The number of hydrogen-bond acceptors (Lipinski definition) is 8. The molecule has 1 aliphatic heterocycles. The molecule has 0 radical (unpaired) electrons. The normalized spacial score (nSPS) is 25.2. The summed E-state index contributed by atoms with van der Waals surface area (Å²) in [6.07, 6.45) is 3.48. The first-order valence-electron chi connectivity index (χ1n) is 8.74. The fourth-order valence-corrected chi connectivity index (χ4v) is 3.81. The highest BCUT2D eigenvalue weighted by Crippen LogP contribution is 2.47. The average molecular weight is 398 g/mol. The maximum Gasteiger partial charge on any atom is 0.469 e. The van der Waals surface area contributed by atoms with Crippen molar-refractivity contribution in [2.24, 2.45) is 5.41 Å². The highest BCUT2D eigenvalue weighted by Gasteiger charge is 2.44. The van der Waals surface area contributed by atoms with Crippen molar-refractivity contribution in [2.45, 2.75) is 51.5 Å². The lowest BCUT2D eigenvalue weighted by Crippen LogP contribution is -2.22.